The van der Waals surface area contributed by atoms with Gasteiger partial charge in [-0.2, -0.15) is 0 Å². The predicted molar refractivity (Wildman–Crippen MR) is 99.8 cm³/mol. The molecule has 4 rings (SSSR count). The van der Waals surface area contributed by atoms with Crippen LogP contribution in [-0.2, 0) is 11.2 Å². The summed E-state index contributed by atoms with van der Waals surface area (Å²) in [6.45, 7) is 0.365. The van der Waals surface area contributed by atoms with E-state index in [2.05, 4.69) is 5.32 Å². The van der Waals surface area contributed by atoms with E-state index in [9.17, 15) is 9.18 Å². The van der Waals surface area contributed by atoms with Gasteiger partial charge in [0.15, 0.2) is 0 Å². The van der Waals surface area contributed by atoms with Gasteiger partial charge < -0.3 is 10.1 Å². The maximum absolute atomic E-state index is 13.3. The van der Waals surface area contributed by atoms with Gasteiger partial charge in [-0.05, 0) is 47.2 Å². The third kappa shape index (κ3) is 3.48. The van der Waals surface area contributed by atoms with E-state index in [0.717, 1.165) is 21.8 Å². The average Bonchev–Trinajstić information content (AvgIpc) is 3.21. The van der Waals surface area contributed by atoms with Gasteiger partial charge in [-0.15, -0.1) is 11.3 Å². The number of amides is 1. The summed E-state index contributed by atoms with van der Waals surface area (Å²) in [5.74, 6) is 0.266. The SMILES string of the molecule is O=C(NC(c1ccc(F)cc1)c1cccs1)C1COc2ccccc2C1. The highest BCUT2D eigenvalue weighted by molar-refractivity contribution is 7.10. The summed E-state index contributed by atoms with van der Waals surface area (Å²) in [4.78, 5) is 13.9. The Labute approximate surface area is 155 Å². The summed E-state index contributed by atoms with van der Waals surface area (Å²) in [5, 5.41) is 5.09. The molecule has 2 atom stereocenters. The lowest BCUT2D eigenvalue weighted by Gasteiger charge is -2.27. The van der Waals surface area contributed by atoms with Crippen LogP contribution in [0.25, 0.3) is 0 Å². The zero-order valence-electron chi connectivity index (χ0n) is 14.0. The van der Waals surface area contributed by atoms with Gasteiger partial charge >= 0.3 is 0 Å². The monoisotopic (exact) mass is 367 g/mol. The molecule has 2 aromatic carbocycles. The van der Waals surface area contributed by atoms with E-state index in [1.165, 1.54) is 12.1 Å². The summed E-state index contributed by atoms with van der Waals surface area (Å²) in [6, 6.07) is 17.7. The van der Waals surface area contributed by atoms with Gasteiger partial charge in [-0.3, -0.25) is 4.79 Å². The summed E-state index contributed by atoms with van der Waals surface area (Å²) in [6.07, 6.45) is 0.655. The molecule has 1 aliphatic heterocycles. The largest absolute Gasteiger partial charge is 0.492 e. The van der Waals surface area contributed by atoms with Gasteiger partial charge in [-0.1, -0.05) is 36.4 Å². The molecule has 0 spiro atoms. The van der Waals surface area contributed by atoms with Crippen LogP contribution in [0.15, 0.2) is 66.0 Å². The second-order valence-corrected chi connectivity index (χ2v) is 7.31. The van der Waals surface area contributed by atoms with Crippen LogP contribution < -0.4 is 10.1 Å². The molecule has 132 valence electrons. The van der Waals surface area contributed by atoms with E-state index in [4.69, 9.17) is 4.74 Å². The summed E-state index contributed by atoms with van der Waals surface area (Å²) in [7, 11) is 0. The van der Waals surface area contributed by atoms with Crippen LogP contribution in [0.4, 0.5) is 4.39 Å². The molecule has 5 heteroatoms. The Morgan fingerprint density at radius 3 is 2.69 bits per heavy atom. The molecule has 0 saturated heterocycles. The van der Waals surface area contributed by atoms with E-state index in [1.54, 1.807) is 23.5 Å². The van der Waals surface area contributed by atoms with Gasteiger partial charge in [0.25, 0.3) is 0 Å². The molecule has 3 aromatic rings. The van der Waals surface area contributed by atoms with Crippen molar-refractivity contribution in [2.24, 2.45) is 5.92 Å². The molecule has 3 nitrogen and oxygen atoms in total. The van der Waals surface area contributed by atoms with Crippen LogP contribution in [0.3, 0.4) is 0 Å². The predicted octanol–water partition coefficient (Wildman–Crippen LogP) is 4.34. The zero-order chi connectivity index (χ0) is 17.9. The lowest BCUT2D eigenvalue weighted by atomic mass is 9.95. The first-order valence-corrected chi connectivity index (χ1v) is 9.38. The fourth-order valence-corrected chi connectivity index (χ4v) is 3.99. The number of fused-ring (bicyclic) bond motifs is 1. The van der Waals surface area contributed by atoms with Crippen molar-refractivity contribution < 1.29 is 13.9 Å². The second-order valence-electron chi connectivity index (χ2n) is 6.33. The van der Waals surface area contributed by atoms with Crippen LogP contribution in [0.1, 0.15) is 22.0 Å². The van der Waals surface area contributed by atoms with E-state index >= 15 is 0 Å². The molecule has 1 aliphatic rings. The minimum Gasteiger partial charge on any atom is -0.492 e. The molecule has 26 heavy (non-hydrogen) atoms. The van der Waals surface area contributed by atoms with Gasteiger partial charge in [-0.25, -0.2) is 4.39 Å². The highest BCUT2D eigenvalue weighted by Gasteiger charge is 2.28. The van der Waals surface area contributed by atoms with Crippen LogP contribution in [0.5, 0.6) is 5.75 Å². The van der Waals surface area contributed by atoms with Gasteiger partial charge in [0.1, 0.15) is 18.2 Å². The Bertz CT molecular complexity index is 893. The number of hydrogen-bond acceptors (Lipinski definition) is 3. The number of carbonyl (C=O) groups excluding carboxylic acids is 1. The molecular weight excluding hydrogens is 349 g/mol. The van der Waals surface area contributed by atoms with Crippen LogP contribution in [0.2, 0.25) is 0 Å². The van der Waals surface area contributed by atoms with Crippen molar-refractivity contribution >= 4 is 17.2 Å². The number of para-hydroxylation sites is 1. The normalized spacial score (nSPS) is 17.0. The van der Waals surface area contributed by atoms with E-state index in [1.807, 2.05) is 41.8 Å². The molecule has 0 fully saturated rings. The maximum Gasteiger partial charge on any atom is 0.227 e. The number of ether oxygens (including phenoxy) is 1. The molecule has 1 aromatic heterocycles. The summed E-state index contributed by atoms with van der Waals surface area (Å²) >= 11 is 1.57. The number of hydrogen-bond donors (Lipinski definition) is 1. The lowest BCUT2D eigenvalue weighted by Crippen LogP contribution is -2.39. The minimum absolute atomic E-state index is 0.0535. The van der Waals surface area contributed by atoms with E-state index < -0.39 is 0 Å². The first kappa shape index (κ1) is 16.8. The van der Waals surface area contributed by atoms with Crippen molar-refractivity contribution in [1.82, 2.24) is 5.32 Å². The topological polar surface area (TPSA) is 38.3 Å². The third-order valence-electron chi connectivity index (χ3n) is 4.57. The third-order valence-corrected chi connectivity index (χ3v) is 5.50. The Kier molecular flexibility index (Phi) is 4.71. The van der Waals surface area contributed by atoms with Gasteiger partial charge in [0.05, 0.1) is 12.0 Å². The first-order chi connectivity index (χ1) is 12.7. The second kappa shape index (κ2) is 7.30. The Morgan fingerprint density at radius 2 is 1.92 bits per heavy atom. The van der Waals surface area contributed by atoms with Gasteiger partial charge in [0, 0.05) is 4.88 Å². The molecule has 0 saturated carbocycles. The molecule has 2 heterocycles. The summed E-state index contributed by atoms with van der Waals surface area (Å²) < 4.78 is 19.0. The van der Waals surface area contributed by atoms with Crippen molar-refractivity contribution in [2.45, 2.75) is 12.5 Å². The Hall–Kier alpha value is -2.66. The number of thiophene rings is 1. The summed E-state index contributed by atoms with van der Waals surface area (Å²) in [5.41, 5.74) is 1.91. The molecule has 0 aliphatic carbocycles. The van der Waals surface area contributed by atoms with Crippen molar-refractivity contribution in [3.05, 3.63) is 87.9 Å². The van der Waals surface area contributed by atoms with E-state index in [0.29, 0.717) is 13.0 Å². The smallest absolute Gasteiger partial charge is 0.227 e. The minimum atomic E-state index is -0.291. The molecular formula is C21H18FNO2S. The quantitative estimate of drug-likeness (QED) is 0.745. The van der Waals surface area contributed by atoms with Crippen LogP contribution in [-0.4, -0.2) is 12.5 Å². The van der Waals surface area contributed by atoms with Crippen molar-refractivity contribution in [3.63, 3.8) is 0 Å². The number of rotatable bonds is 4. The molecule has 0 radical (unpaired) electrons. The van der Waals surface area contributed by atoms with Gasteiger partial charge in [0.2, 0.25) is 5.91 Å². The van der Waals surface area contributed by atoms with E-state index in [-0.39, 0.29) is 23.7 Å². The Morgan fingerprint density at radius 1 is 1.12 bits per heavy atom. The van der Waals surface area contributed by atoms with Crippen LogP contribution >= 0.6 is 11.3 Å². The van der Waals surface area contributed by atoms with Crippen molar-refractivity contribution in [1.29, 1.82) is 0 Å². The zero-order valence-corrected chi connectivity index (χ0v) is 14.8. The average molecular weight is 367 g/mol. The number of nitrogens with one attached hydrogen (secondary N) is 1. The fraction of sp³-hybridized carbons (Fsp3) is 0.190. The van der Waals surface area contributed by atoms with Crippen molar-refractivity contribution in [2.75, 3.05) is 6.61 Å². The number of benzene rings is 2. The molecule has 1 N–H and O–H groups in total. The fourth-order valence-electron chi connectivity index (χ4n) is 3.19. The first-order valence-electron chi connectivity index (χ1n) is 8.50. The highest BCUT2D eigenvalue weighted by Crippen LogP contribution is 2.29. The van der Waals surface area contributed by atoms with Crippen LogP contribution in [0, 0.1) is 11.7 Å². The Balaban J connectivity index is 1.54. The standard InChI is InChI=1S/C21H18FNO2S/c22-17-9-7-14(8-10-17)20(19-6-3-11-26-19)23-21(24)16-12-15-4-1-2-5-18(15)25-13-16/h1-11,16,20H,12-13H2,(H,23,24). The maximum atomic E-state index is 13.3. The highest BCUT2D eigenvalue weighted by atomic mass is 32.1. The number of carbonyl (C=O) groups is 1. The molecule has 1 amide bonds. The molecule has 0 bridgehead atoms. The lowest BCUT2D eigenvalue weighted by molar-refractivity contribution is -0.126. The van der Waals surface area contributed by atoms with Crippen molar-refractivity contribution in [3.8, 4) is 5.75 Å². The number of halogens is 1. The molecule has 2 unspecified atom stereocenters.